The fourth-order valence-electron chi connectivity index (χ4n) is 2.64. The average Bonchev–Trinajstić information content (AvgIpc) is 2.54. The van der Waals surface area contributed by atoms with Crippen LogP contribution in [-0.4, -0.2) is 43.8 Å². The fourth-order valence-corrected chi connectivity index (χ4v) is 2.84. The molecule has 0 aliphatic carbocycles. The summed E-state index contributed by atoms with van der Waals surface area (Å²) in [5, 5.41) is 3.38. The zero-order chi connectivity index (χ0) is 17.7. The first-order valence-corrected chi connectivity index (χ1v) is 8.07. The van der Waals surface area contributed by atoms with Crippen molar-refractivity contribution in [3.8, 4) is 0 Å². The molecule has 2 amide bonds. The molecule has 1 unspecified atom stereocenters. The van der Waals surface area contributed by atoms with E-state index >= 15 is 0 Å². The summed E-state index contributed by atoms with van der Waals surface area (Å²) in [7, 11) is 1.56. The van der Waals surface area contributed by atoms with Gasteiger partial charge in [-0.3, -0.25) is 4.90 Å². The van der Waals surface area contributed by atoms with Gasteiger partial charge in [0, 0.05) is 17.8 Å². The molecule has 1 aromatic rings. The van der Waals surface area contributed by atoms with Crippen LogP contribution in [0, 0.1) is 0 Å². The van der Waals surface area contributed by atoms with Gasteiger partial charge in [0.1, 0.15) is 0 Å². The molecular weight excluding hydrogens is 332 g/mol. The molecular formula is C17H21ClN2O4. The Balaban J connectivity index is 2.47. The number of nitrogens with one attached hydrogen (secondary N) is 1. The van der Waals surface area contributed by atoms with Gasteiger partial charge < -0.3 is 14.8 Å². The van der Waals surface area contributed by atoms with Crippen molar-refractivity contribution >= 4 is 23.6 Å². The highest BCUT2D eigenvalue weighted by atomic mass is 35.5. The van der Waals surface area contributed by atoms with Crippen LogP contribution in [0.25, 0.3) is 0 Å². The first-order valence-electron chi connectivity index (χ1n) is 7.69. The number of carbonyl (C=O) groups excluding carboxylic acids is 2. The lowest BCUT2D eigenvalue weighted by Crippen LogP contribution is -2.49. The minimum absolute atomic E-state index is 0.254. The molecule has 1 aromatic carbocycles. The van der Waals surface area contributed by atoms with E-state index in [1.54, 1.807) is 39.2 Å². The molecule has 1 atom stereocenters. The Morgan fingerprint density at radius 1 is 1.42 bits per heavy atom. The monoisotopic (exact) mass is 352 g/mol. The largest absolute Gasteiger partial charge is 0.463 e. The van der Waals surface area contributed by atoms with Crippen LogP contribution in [0.2, 0.25) is 5.02 Å². The smallest absolute Gasteiger partial charge is 0.338 e. The Morgan fingerprint density at radius 2 is 2.17 bits per heavy atom. The van der Waals surface area contributed by atoms with Gasteiger partial charge in [-0.2, -0.15) is 0 Å². The maximum Gasteiger partial charge on any atom is 0.338 e. The van der Waals surface area contributed by atoms with Crippen LogP contribution in [-0.2, 0) is 14.3 Å². The SMILES string of the molecule is CCOC(=O)C1=C(C)N(CCOC)C(=O)NC1c1cccc(Cl)c1. The molecule has 24 heavy (non-hydrogen) atoms. The summed E-state index contributed by atoms with van der Waals surface area (Å²) in [4.78, 5) is 26.4. The van der Waals surface area contributed by atoms with Crippen molar-refractivity contribution in [3.05, 3.63) is 46.1 Å². The third-order valence-electron chi connectivity index (χ3n) is 3.79. The van der Waals surface area contributed by atoms with Gasteiger partial charge in [-0.05, 0) is 31.5 Å². The van der Waals surface area contributed by atoms with Crippen LogP contribution in [0.15, 0.2) is 35.5 Å². The summed E-state index contributed by atoms with van der Waals surface area (Å²) in [5.74, 6) is -0.456. The average molecular weight is 353 g/mol. The van der Waals surface area contributed by atoms with Crippen LogP contribution in [0.3, 0.4) is 0 Å². The number of methoxy groups -OCH3 is 1. The summed E-state index contributed by atoms with van der Waals surface area (Å²) in [6.45, 7) is 4.44. The molecule has 1 heterocycles. The van der Waals surface area contributed by atoms with Crippen molar-refractivity contribution in [2.24, 2.45) is 0 Å². The number of hydrogen-bond acceptors (Lipinski definition) is 4. The number of amides is 2. The Kier molecular flexibility index (Phi) is 6.23. The molecule has 6 nitrogen and oxygen atoms in total. The lowest BCUT2D eigenvalue weighted by atomic mass is 9.95. The van der Waals surface area contributed by atoms with Crippen LogP contribution >= 0.6 is 11.6 Å². The maximum absolute atomic E-state index is 12.5. The molecule has 2 rings (SSSR count). The lowest BCUT2D eigenvalue weighted by molar-refractivity contribution is -0.139. The van der Waals surface area contributed by atoms with Gasteiger partial charge in [0.15, 0.2) is 0 Å². The van der Waals surface area contributed by atoms with E-state index in [2.05, 4.69) is 5.32 Å². The van der Waals surface area contributed by atoms with Crippen molar-refractivity contribution in [3.63, 3.8) is 0 Å². The zero-order valence-corrected chi connectivity index (χ0v) is 14.7. The fraction of sp³-hybridized carbons (Fsp3) is 0.412. The molecule has 0 spiro atoms. The second kappa shape index (κ2) is 8.17. The molecule has 0 saturated heterocycles. The minimum Gasteiger partial charge on any atom is -0.463 e. The van der Waals surface area contributed by atoms with Gasteiger partial charge >= 0.3 is 12.0 Å². The number of allylic oxidation sites excluding steroid dienone is 1. The van der Waals surface area contributed by atoms with Crippen LogP contribution in [0.5, 0.6) is 0 Å². The Bertz CT molecular complexity index is 660. The van der Waals surface area contributed by atoms with E-state index in [9.17, 15) is 9.59 Å². The molecule has 0 bridgehead atoms. The number of nitrogens with zero attached hydrogens (tertiary/aromatic N) is 1. The summed E-state index contributed by atoms with van der Waals surface area (Å²) in [5.41, 5.74) is 1.68. The summed E-state index contributed by atoms with van der Waals surface area (Å²) >= 11 is 6.05. The van der Waals surface area contributed by atoms with Crippen molar-refractivity contribution < 1.29 is 19.1 Å². The highest BCUT2D eigenvalue weighted by Crippen LogP contribution is 2.32. The lowest BCUT2D eigenvalue weighted by Gasteiger charge is -2.35. The molecule has 0 fully saturated rings. The van der Waals surface area contributed by atoms with Crippen LogP contribution in [0.4, 0.5) is 4.79 Å². The Labute approximate surface area is 146 Å². The molecule has 0 aromatic heterocycles. The van der Waals surface area contributed by atoms with Crippen LogP contribution < -0.4 is 5.32 Å². The predicted molar refractivity (Wildman–Crippen MR) is 90.6 cm³/mol. The third-order valence-corrected chi connectivity index (χ3v) is 4.03. The van der Waals surface area contributed by atoms with Gasteiger partial charge in [-0.1, -0.05) is 23.7 Å². The highest BCUT2D eigenvalue weighted by molar-refractivity contribution is 6.30. The van der Waals surface area contributed by atoms with Gasteiger partial charge in [0.05, 0.1) is 31.4 Å². The molecule has 0 radical (unpaired) electrons. The van der Waals surface area contributed by atoms with Gasteiger partial charge in [0.25, 0.3) is 0 Å². The predicted octanol–water partition coefficient (Wildman–Crippen LogP) is 2.89. The van der Waals surface area contributed by atoms with Gasteiger partial charge in [-0.15, -0.1) is 0 Å². The van der Waals surface area contributed by atoms with Gasteiger partial charge in [-0.25, -0.2) is 9.59 Å². The van der Waals surface area contributed by atoms with E-state index in [4.69, 9.17) is 21.1 Å². The molecule has 130 valence electrons. The van der Waals surface area contributed by atoms with Crippen molar-refractivity contribution in [1.29, 1.82) is 0 Å². The number of carbonyl (C=O) groups is 2. The second-order valence-electron chi connectivity index (χ2n) is 5.30. The number of ether oxygens (including phenoxy) is 2. The summed E-state index contributed by atoms with van der Waals surface area (Å²) in [6.07, 6.45) is 0. The van der Waals surface area contributed by atoms with E-state index in [0.29, 0.717) is 29.4 Å². The molecule has 1 N–H and O–H groups in total. The van der Waals surface area contributed by atoms with E-state index in [0.717, 1.165) is 5.56 Å². The topological polar surface area (TPSA) is 67.9 Å². The van der Waals surface area contributed by atoms with Crippen molar-refractivity contribution in [2.75, 3.05) is 26.9 Å². The Morgan fingerprint density at radius 3 is 2.79 bits per heavy atom. The quantitative estimate of drug-likeness (QED) is 0.799. The molecule has 0 saturated carbocycles. The Hall–Kier alpha value is -2.05. The molecule has 1 aliphatic rings. The minimum atomic E-state index is -0.603. The number of rotatable bonds is 6. The first-order chi connectivity index (χ1) is 11.5. The number of halogens is 1. The van der Waals surface area contributed by atoms with E-state index in [1.165, 1.54) is 4.90 Å². The zero-order valence-electron chi connectivity index (χ0n) is 14.0. The van der Waals surface area contributed by atoms with Crippen LogP contribution in [0.1, 0.15) is 25.5 Å². The maximum atomic E-state index is 12.5. The molecule has 7 heteroatoms. The standard InChI is InChI=1S/C17H21ClN2O4/c1-4-24-16(21)14-11(2)20(8-9-23-3)17(22)19-15(14)12-6-5-7-13(18)10-12/h5-7,10,15H,4,8-9H2,1-3H3,(H,19,22). The van der Waals surface area contributed by atoms with E-state index < -0.39 is 12.0 Å². The summed E-state index contributed by atoms with van der Waals surface area (Å²) < 4.78 is 10.2. The van der Waals surface area contributed by atoms with Gasteiger partial charge in [0.2, 0.25) is 0 Å². The number of esters is 1. The normalized spacial score (nSPS) is 17.8. The highest BCUT2D eigenvalue weighted by Gasteiger charge is 2.36. The third kappa shape index (κ3) is 3.88. The van der Waals surface area contributed by atoms with Crippen molar-refractivity contribution in [2.45, 2.75) is 19.9 Å². The number of urea groups is 1. The van der Waals surface area contributed by atoms with E-state index in [1.807, 2.05) is 6.07 Å². The number of benzene rings is 1. The van der Waals surface area contributed by atoms with Crippen molar-refractivity contribution in [1.82, 2.24) is 10.2 Å². The molecule has 1 aliphatic heterocycles. The second-order valence-corrected chi connectivity index (χ2v) is 5.74. The summed E-state index contributed by atoms with van der Waals surface area (Å²) in [6, 6.07) is 6.16. The van der Waals surface area contributed by atoms with E-state index in [-0.39, 0.29) is 12.6 Å². The number of hydrogen-bond donors (Lipinski definition) is 1. The first kappa shape index (κ1) is 18.3.